The van der Waals surface area contributed by atoms with E-state index in [1.165, 1.54) is 6.26 Å². The van der Waals surface area contributed by atoms with E-state index in [-0.39, 0.29) is 30.3 Å². The third kappa shape index (κ3) is 5.14. The molecule has 0 aliphatic carbocycles. The number of fused-ring (bicyclic) bond motifs is 2. The average Bonchev–Trinajstić information content (AvgIpc) is 3.34. The molecule has 192 valence electrons. The number of hydrogen-bond acceptors (Lipinski definition) is 7. The fourth-order valence-electron chi connectivity index (χ4n) is 4.79. The molecule has 1 amide bonds. The molecule has 3 N–H and O–H groups in total. The highest BCUT2D eigenvalue weighted by Crippen LogP contribution is 2.38. The largest absolute Gasteiger partial charge is 0.464 e. The smallest absolute Gasteiger partial charge is 0.286 e. The first kappa shape index (κ1) is 24.7. The fourth-order valence-corrected chi connectivity index (χ4v) is 4.79. The molecular weight excluding hydrogens is 474 g/mol. The highest BCUT2D eigenvalue weighted by atomic mass is 16.7. The number of rotatable bonds is 9. The lowest BCUT2D eigenvalue weighted by molar-refractivity contribution is -0.166. The molecule has 2 aromatic heterocycles. The van der Waals surface area contributed by atoms with Crippen molar-refractivity contribution in [2.45, 2.75) is 38.5 Å². The van der Waals surface area contributed by atoms with Crippen molar-refractivity contribution in [3.63, 3.8) is 0 Å². The molecule has 9 heteroatoms. The van der Waals surface area contributed by atoms with Crippen LogP contribution in [0.25, 0.3) is 22.0 Å². The van der Waals surface area contributed by atoms with Gasteiger partial charge in [0.15, 0.2) is 11.2 Å². The normalized spacial score (nSPS) is 19.5. The number of allylic oxidation sites excluding steroid dienone is 1. The maximum atomic E-state index is 13.5. The number of H-pyrrole nitrogens is 1. The van der Waals surface area contributed by atoms with Gasteiger partial charge in [-0.05, 0) is 50.1 Å². The summed E-state index contributed by atoms with van der Waals surface area (Å²) in [6, 6.07) is 14.7. The minimum Gasteiger partial charge on any atom is -0.464 e. The first-order valence-corrected chi connectivity index (χ1v) is 12.4. The van der Waals surface area contributed by atoms with Crippen molar-refractivity contribution >= 4 is 27.9 Å². The molecular formula is C28H29N3O6. The zero-order valence-corrected chi connectivity index (χ0v) is 20.5. The van der Waals surface area contributed by atoms with Crippen molar-refractivity contribution < 1.29 is 23.8 Å². The second-order valence-corrected chi connectivity index (χ2v) is 8.93. The summed E-state index contributed by atoms with van der Waals surface area (Å²) in [5.74, 6) is -0.582. The van der Waals surface area contributed by atoms with E-state index in [9.17, 15) is 14.7 Å². The molecule has 1 aliphatic heterocycles. The number of amides is 1. The minimum absolute atomic E-state index is 0.0110. The van der Waals surface area contributed by atoms with Crippen LogP contribution in [0.1, 0.15) is 37.1 Å². The zero-order valence-electron chi connectivity index (χ0n) is 20.5. The Morgan fingerprint density at radius 2 is 2.00 bits per heavy atom. The third-order valence-electron chi connectivity index (χ3n) is 6.56. The Morgan fingerprint density at radius 3 is 2.81 bits per heavy atom. The van der Waals surface area contributed by atoms with Crippen LogP contribution in [0.4, 0.5) is 0 Å². The minimum atomic E-state index is -0.774. The van der Waals surface area contributed by atoms with Crippen LogP contribution in [-0.2, 0) is 20.8 Å². The van der Waals surface area contributed by atoms with Gasteiger partial charge in [-0.1, -0.05) is 24.3 Å². The summed E-state index contributed by atoms with van der Waals surface area (Å²) in [5, 5.41) is 12.8. The van der Waals surface area contributed by atoms with Gasteiger partial charge in [-0.25, -0.2) is 4.98 Å². The maximum absolute atomic E-state index is 13.5. The average molecular weight is 504 g/mol. The molecule has 37 heavy (non-hydrogen) atoms. The Bertz CT molecular complexity index is 1460. The van der Waals surface area contributed by atoms with Crippen LogP contribution in [-0.4, -0.2) is 40.5 Å². The summed E-state index contributed by atoms with van der Waals surface area (Å²) in [6.45, 7) is 2.35. The summed E-state index contributed by atoms with van der Waals surface area (Å²) in [7, 11) is 0. The number of carbonyl (C=O) groups excluding carboxylic acids is 1. The second-order valence-electron chi connectivity index (χ2n) is 8.93. The molecule has 1 aliphatic rings. The Hall–Kier alpha value is -3.95. The Kier molecular flexibility index (Phi) is 7.34. The molecule has 9 nitrogen and oxygen atoms in total. The van der Waals surface area contributed by atoms with Crippen LogP contribution in [0.3, 0.4) is 0 Å². The number of aliphatic hydroxyl groups is 1. The maximum Gasteiger partial charge on any atom is 0.286 e. The van der Waals surface area contributed by atoms with Crippen LogP contribution in [0.15, 0.2) is 75.8 Å². The molecule has 0 spiro atoms. The second kappa shape index (κ2) is 11.0. The monoisotopic (exact) mass is 503 g/mol. The number of aromatic amines is 1. The molecule has 5 rings (SSSR count). The number of nitrogens with zero attached hydrogens (tertiary/aromatic N) is 1. The lowest BCUT2D eigenvalue weighted by atomic mass is 9.81. The zero-order chi connectivity index (χ0) is 25.8. The van der Waals surface area contributed by atoms with Gasteiger partial charge >= 0.3 is 0 Å². The van der Waals surface area contributed by atoms with E-state index in [4.69, 9.17) is 13.9 Å². The number of benzene rings is 2. The van der Waals surface area contributed by atoms with E-state index in [1.54, 1.807) is 30.3 Å². The van der Waals surface area contributed by atoms with Gasteiger partial charge in [0.05, 0.1) is 29.2 Å². The molecule has 0 fully saturated rings. The van der Waals surface area contributed by atoms with Crippen molar-refractivity contribution in [2.24, 2.45) is 5.92 Å². The van der Waals surface area contributed by atoms with E-state index in [0.29, 0.717) is 41.8 Å². The van der Waals surface area contributed by atoms with Crippen LogP contribution < -0.4 is 10.7 Å². The summed E-state index contributed by atoms with van der Waals surface area (Å²) >= 11 is 0. The van der Waals surface area contributed by atoms with Gasteiger partial charge in [0.25, 0.3) is 5.91 Å². The number of aromatic nitrogens is 2. The van der Waals surface area contributed by atoms with Gasteiger partial charge in [0, 0.05) is 30.6 Å². The summed E-state index contributed by atoms with van der Waals surface area (Å²) in [4.78, 5) is 34.3. The van der Waals surface area contributed by atoms with Crippen molar-refractivity contribution in [3.05, 3.63) is 88.2 Å². The predicted molar refractivity (Wildman–Crippen MR) is 138 cm³/mol. The van der Waals surface area contributed by atoms with E-state index in [1.807, 2.05) is 31.2 Å². The topological polar surface area (TPSA) is 127 Å². The van der Waals surface area contributed by atoms with E-state index < -0.39 is 18.1 Å². The molecule has 3 heterocycles. The number of aliphatic hydroxyl groups excluding tert-OH is 1. The standard InChI is InChI=1S/C28H29N3O6/c1-2-35-28-17(9-7-13-32)19(20-16-36-23-12-6-3-8-18(23)26(20)33)14-24(37-28)27(34)29-15-25-30-21-10-4-5-11-22(21)31-25/h3-6,8,10-12,14,16-17,19,28,32H,2,7,9,13,15H2,1H3,(H,29,34)(H,30,31)/t17-,19-,28+/m0/s1. The van der Waals surface area contributed by atoms with Crippen LogP contribution in [0.2, 0.25) is 0 Å². The number of para-hydroxylation sites is 3. The first-order valence-electron chi connectivity index (χ1n) is 12.4. The molecule has 0 bridgehead atoms. The van der Waals surface area contributed by atoms with Crippen LogP contribution in [0.5, 0.6) is 0 Å². The number of nitrogens with one attached hydrogen (secondary N) is 2. The van der Waals surface area contributed by atoms with E-state index >= 15 is 0 Å². The van der Waals surface area contributed by atoms with Gasteiger partial charge in [0.1, 0.15) is 11.4 Å². The van der Waals surface area contributed by atoms with Crippen molar-refractivity contribution in [1.29, 1.82) is 0 Å². The number of ether oxygens (including phenoxy) is 2. The molecule has 2 aromatic carbocycles. The Morgan fingerprint density at radius 1 is 1.19 bits per heavy atom. The molecule has 4 aromatic rings. The summed E-state index contributed by atoms with van der Waals surface area (Å²) in [5.41, 5.74) is 2.43. The molecule has 0 unspecified atom stereocenters. The van der Waals surface area contributed by atoms with Crippen LogP contribution >= 0.6 is 0 Å². The van der Waals surface area contributed by atoms with Crippen molar-refractivity contribution in [2.75, 3.05) is 13.2 Å². The van der Waals surface area contributed by atoms with E-state index in [2.05, 4.69) is 15.3 Å². The fraction of sp³-hybridized carbons (Fsp3) is 0.321. The van der Waals surface area contributed by atoms with Gasteiger partial charge in [-0.15, -0.1) is 0 Å². The number of carbonyl (C=O) groups is 1. The lowest BCUT2D eigenvalue weighted by Gasteiger charge is -2.36. The summed E-state index contributed by atoms with van der Waals surface area (Å²) in [6.07, 6.45) is 3.36. The Balaban J connectivity index is 1.47. The van der Waals surface area contributed by atoms with Crippen molar-refractivity contribution in [3.8, 4) is 0 Å². The van der Waals surface area contributed by atoms with Gasteiger partial charge < -0.3 is 29.3 Å². The Labute approximate surface area is 213 Å². The van der Waals surface area contributed by atoms with E-state index in [0.717, 1.165) is 11.0 Å². The third-order valence-corrected chi connectivity index (χ3v) is 6.56. The van der Waals surface area contributed by atoms with Crippen molar-refractivity contribution in [1.82, 2.24) is 15.3 Å². The highest BCUT2D eigenvalue weighted by Gasteiger charge is 2.39. The molecule has 0 radical (unpaired) electrons. The first-order chi connectivity index (χ1) is 18.1. The SMILES string of the molecule is CCO[C@@H]1OC(C(=O)NCc2nc3ccccc3[nH]2)=C[C@H](c2coc3ccccc3c2=O)[C@@H]1CCCO. The molecule has 0 saturated carbocycles. The van der Waals surface area contributed by atoms with Gasteiger partial charge in [-0.3, -0.25) is 9.59 Å². The highest BCUT2D eigenvalue weighted by molar-refractivity contribution is 5.91. The van der Waals surface area contributed by atoms with Gasteiger partial charge in [-0.2, -0.15) is 0 Å². The quantitative estimate of drug-likeness (QED) is 0.318. The number of hydrogen-bond donors (Lipinski definition) is 3. The van der Waals surface area contributed by atoms with Gasteiger partial charge in [0.2, 0.25) is 6.29 Å². The van der Waals surface area contributed by atoms with Crippen LogP contribution in [0, 0.1) is 5.92 Å². The summed E-state index contributed by atoms with van der Waals surface area (Å²) < 4.78 is 17.7. The molecule has 3 atom stereocenters. The lowest BCUT2D eigenvalue weighted by Crippen LogP contribution is -2.40. The predicted octanol–water partition coefficient (Wildman–Crippen LogP) is 3.73. The number of imidazole rings is 1. The molecule has 0 saturated heterocycles.